The summed E-state index contributed by atoms with van der Waals surface area (Å²) in [7, 11) is 0. The molecule has 2 nitrogen and oxygen atoms in total. The van der Waals surface area contributed by atoms with Gasteiger partial charge in [-0.1, -0.05) is 34.2 Å². The van der Waals surface area contributed by atoms with Gasteiger partial charge in [0.1, 0.15) is 22.3 Å². The highest BCUT2D eigenvalue weighted by molar-refractivity contribution is 9.10. The van der Waals surface area contributed by atoms with Crippen LogP contribution >= 0.6 is 28.1 Å². The van der Waals surface area contributed by atoms with Crippen molar-refractivity contribution in [3.05, 3.63) is 58.3 Å². The third-order valence-corrected chi connectivity index (χ3v) is 2.94. The molecular weight excluding hydrogens is 317 g/mol. The van der Waals surface area contributed by atoms with Crippen molar-refractivity contribution in [3.63, 3.8) is 0 Å². The normalized spacial score (nSPS) is 10.1. The number of benzene rings is 2. The second-order valence-electron chi connectivity index (χ2n) is 3.56. The Morgan fingerprint density at radius 3 is 2.67 bits per heavy atom. The molecule has 2 N–H and O–H groups in total. The van der Waals surface area contributed by atoms with Crippen LogP contribution in [-0.4, -0.2) is 4.99 Å². The molecule has 0 aliphatic heterocycles. The van der Waals surface area contributed by atoms with E-state index in [1.807, 2.05) is 0 Å². The largest absolute Gasteiger partial charge is 0.457 e. The quantitative estimate of drug-likeness (QED) is 0.866. The summed E-state index contributed by atoms with van der Waals surface area (Å²) in [6, 6.07) is 11.2. The van der Waals surface area contributed by atoms with Crippen LogP contribution < -0.4 is 10.5 Å². The van der Waals surface area contributed by atoms with Gasteiger partial charge in [0.2, 0.25) is 0 Å². The molecule has 2 aromatic rings. The van der Waals surface area contributed by atoms with E-state index < -0.39 is 0 Å². The topological polar surface area (TPSA) is 35.2 Å². The molecule has 0 amide bonds. The summed E-state index contributed by atoms with van der Waals surface area (Å²) >= 11 is 8.28. The van der Waals surface area contributed by atoms with Crippen molar-refractivity contribution in [2.75, 3.05) is 0 Å². The summed E-state index contributed by atoms with van der Waals surface area (Å²) in [5.74, 6) is 0.535. The van der Waals surface area contributed by atoms with Crippen molar-refractivity contribution in [3.8, 4) is 11.5 Å². The fraction of sp³-hybridized carbons (Fsp3) is 0. The first kappa shape index (κ1) is 13.0. The Morgan fingerprint density at radius 1 is 1.22 bits per heavy atom. The number of thiocarbonyl (C=S) groups is 1. The van der Waals surface area contributed by atoms with Crippen LogP contribution in [0.2, 0.25) is 0 Å². The number of hydrogen-bond acceptors (Lipinski definition) is 2. The molecule has 0 aromatic heterocycles. The molecule has 0 heterocycles. The van der Waals surface area contributed by atoms with Gasteiger partial charge in [0.05, 0.1) is 5.56 Å². The lowest BCUT2D eigenvalue weighted by molar-refractivity contribution is 0.476. The predicted molar refractivity (Wildman–Crippen MR) is 76.5 cm³/mol. The van der Waals surface area contributed by atoms with Gasteiger partial charge in [-0.25, -0.2) is 4.39 Å². The van der Waals surface area contributed by atoms with Gasteiger partial charge >= 0.3 is 0 Å². The second-order valence-corrected chi connectivity index (χ2v) is 4.92. The molecular formula is C13H9BrFNOS. The Balaban J connectivity index is 2.37. The van der Waals surface area contributed by atoms with Gasteiger partial charge in [0, 0.05) is 10.5 Å². The number of hydrogen-bond donors (Lipinski definition) is 1. The fourth-order valence-electron chi connectivity index (χ4n) is 1.44. The van der Waals surface area contributed by atoms with Crippen molar-refractivity contribution >= 4 is 33.1 Å². The maximum absolute atomic E-state index is 13.1. The first-order valence-electron chi connectivity index (χ1n) is 5.09. The molecule has 0 bridgehead atoms. The van der Waals surface area contributed by atoms with Crippen LogP contribution in [0.4, 0.5) is 4.39 Å². The monoisotopic (exact) mass is 325 g/mol. The molecule has 0 unspecified atom stereocenters. The molecule has 0 saturated carbocycles. The van der Waals surface area contributed by atoms with Crippen LogP contribution in [0, 0.1) is 5.82 Å². The molecule has 0 aliphatic rings. The van der Waals surface area contributed by atoms with E-state index in [0.29, 0.717) is 17.1 Å². The van der Waals surface area contributed by atoms with E-state index in [4.69, 9.17) is 22.7 Å². The van der Waals surface area contributed by atoms with E-state index in [0.717, 1.165) is 4.47 Å². The summed E-state index contributed by atoms with van der Waals surface area (Å²) < 4.78 is 19.5. The van der Waals surface area contributed by atoms with E-state index in [9.17, 15) is 4.39 Å². The maximum Gasteiger partial charge on any atom is 0.137 e. The van der Waals surface area contributed by atoms with Gasteiger partial charge in [-0.2, -0.15) is 0 Å². The van der Waals surface area contributed by atoms with Crippen LogP contribution in [0.15, 0.2) is 46.9 Å². The average Bonchev–Trinajstić information content (AvgIpc) is 2.31. The van der Waals surface area contributed by atoms with Gasteiger partial charge < -0.3 is 10.5 Å². The van der Waals surface area contributed by atoms with Crippen molar-refractivity contribution in [1.82, 2.24) is 0 Å². The standard InChI is InChI=1S/C13H9BrFNOS/c14-8-4-5-12(11(6-8)13(16)18)17-10-3-1-2-9(15)7-10/h1-7H,(H2,16,18). The van der Waals surface area contributed by atoms with Gasteiger partial charge in [-0.15, -0.1) is 0 Å². The molecule has 2 rings (SSSR count). The first-order valence-corrected chi connectivity index (χ1v) is 6.29. The minimum atomic E-state index is -0.360. The lowest BCUT2D eigenvalue weighted by Gasteiger charge is -2.10. The number of halogens is 2. The van der Waals surface area contributed by atoms with Gasteiger partial charge in [0.15, 0.2) is 0 Å². The zero-order valence-corrected chi connectivity index (χ0v) is 11.6. The van der Waals surface area contributed by atoms with Gasteiger partial charge in [0.25, 0.3) is 0 Å². The molecule has 92 valence electrons. The molecule has 18 heavy (non-hydrogen) atoms. The summed E-state index contributed by atoms with van der Waals surface area (Å²) in [6.45, 7) is 0. The zero-order valence-electron chi connectivity index (χ0n) is 9.19. The number of ether oxygens (including phenoxy) is 1. The van der Waals surface area contributed by atoms with Crippen molar-refractivity contribution in [2.45, 2.75) is 0 Å². The Bertz CT molecular complexity index is 603. The van der Waals surface area contributed by atoms with E-state index >= 15 is 0 Å². The summed E-state index contributed by atoms with van der Waals surface area (Å²) in [6.07, 6.45) is 0. The highest BCUT2D eigenvalue weighted by Gasteiger charge is 2.08. The molecule has 5 heteroatoms. The lowest BCUT2D eigenvalue weighted by Crippen LogP contribution is -2.10. The van der Waals surface area contributed by atoms with Gasteiger partial charge in [-0.05, 0) is 30.3 Å². The number of rotatable bonds is 3. The summed E-state index contributed by atoms with van der Waals surface area (Å²) in [4.78, 5) is 0.225. The van der Waals surface area contributed by atoms with Crippen molar-refractivity contribution in [2.24, 2.45) is 5.73 Å². The third kappa shape index (κ3) is 3.05. The Morgan fingerprint density at radius 2 is 2.00 bits per heavy atom. The third-order valence-electron chi connectivity index (χ3n) is 2.23. The summed E-state index contributed by atoms with van der Waals surface area (Å²) in [5.41, 5.74) is 6.22. The minimum Gasteiger partial charge on any atom is -0.457 e. The Kier molecular flexibility index (Phi) is 3.93. The zero-order chi connectivity index (χ0) is 13.1. The molecule has 2 aromatic carbocycles. The molecule has 0 spiro atoms. The second kappa shape index (κ2) is 5.46. The highest BCUT2D eigenvalue weighted by atomic mass is 79.9. The van der Waals surface area contributed by atoms with E-state index in [1.54, 1.807) is 30.3 Å². The molecule has 0 fully saturated rings. The Labute approximate surface area is 118 Å². The van der Waals surface area contributed by atoms with Crippen molar-refractivity contribution in [1.29, 1.82) is 0 Å². The van der Waals surface area contributed by atoms with Crippen molar-refractivity contribution < 1.29 is 9.13 Å². The predicted octanol–water partition coefficient (Wildman–Crippen LogP) is 4.01. The molecule has 0 saturated heterocycles. The maximum atomic E-state index is 13.1. The molecule has 0 radical (unpaired) electrons. The Hall–Kier alpha value is -1.46. The lowest BCUT2D eigenvalue weighted by atomic mass is 10.2. The molecule has 0 aliphatic carbocycles. The smallest absolute Gasteiger partial charge is 0.137 e. The summed E-state index contributed by atoms with van der Waals surface area (Å²) in [5, 5.41) is 0. The SMILES string of the molecule is NC(=S)c1cc(Br)ccc1Oc1cccc(F)c1. The van der Waals surface area contributed by atoms with E-state index in [1.165, 1.54) is 12.1 Å². The minimum absolute atomic E-state index is 0.225. The van der Waals surface area contributed by atoms with Crippen LogP contribution in [0.3, 0.4) is 0 Å². The van der Waals surface area contributed by atoms with Crippen LogP contribution in [0.5, 0.6) is 11.5 Å². The van der Waals surface area contributed by atoms with E-state index in [-0.39, 0.29) is 10.8 Å². The van der Waals surface area contributed by atoms with E-state index in [2.05, 4.69) is 15.9 Å². The van der Waals surface area contributed by atoms with Crippen LogP contribution in [-0.2, 0) is 0 Å². The van der Waals surface area contributed by atoms with Crippen LogP contribution in [0.1, 0.15) is 5.56 Å². The van der Waals surface area contributed by atoms with Gasteiger partial charge in [-0.3, -0.25) is 0 Å². The van der Waals surface area contributed by atoms with Crippen LogP contribution in [0.25, 0.3) is 0 Å². The number of nitrogens with two attached hydrogens (primary N) is 1. The molecule has 0 atom stereocenters. The fourth-order valence-corrected chi connectivity index (χ4v) is 1.96. The average molecular weight is 326 g/mol. The highest BCUT2D eigenvalue weighted by Crippen LogP contribution is 2.28. The first-order chi connectivity index (χ1) is 8.56.